The second-order valence-corrected chi connectivity index (χ2v) is 7.94. The molecule has 0 aliphatic carbocycles. The van der Waals surface area contributed by atoms with Crippen molar-refractivity contribution >= 4 is 40.0 Å². The summed E-state index contributed by atoms with van der Waals surface area (Å²) in [6.45, 7) is 12.1. The fourth-order valence-electron chi connectivity index (χ4n) is 2.06. The Balaban J connectivity index is 0.00000576. The third-order valence-electron chi connectivity index (χ3n) is 3.30. The first-order valence-electron chi connectivity index (χ1n) is 8.35. The lowest BCUT2D eigenvalue weighted by atomic mass is 10.2. The minimum absolute atomic E-state index is 0. The van der Waals surface area contributed by atoms with Crippen LogP contribution in [0, 0.1) is 19.8 Å². The van der Waals surface area contributed by atoms with Crippen molar-refractivity contribution in [3.05, 3.63) is 29.3 Å². The molecule has 3 N–H and O–H groups in total. The van der Waals surface area contributed by atoms with E-state index in [0.717, 1.165) is 24.2 Å². The van der Waals surface area contributed by atoms with E-state index < -0.39 is 10.0 Å². The smallest absolute Gasteiger partial charge is 0.240 e. The van der Waals surface area contributed by atoms with Crippen LogP contribution in [0.1, 0.15) is 31.9 Å². The summed E-state index contributed by atoms with van der Waals surface area (Å²) in [5.74, 6) is 1.18. The zero-order chi connectivity index (χ0) is 18.2. The lowest BCUT2D eigenvalue weighted by Crippen LogP contribution is -2.41. The van der Waals surface area contributed by atoms with E-state index in [4.69, 9.17) is 0 Å². The first-order chi connectivity index (χ1) is 11.3. The maximum absolute atomic E-state index is 12.4. The molecule has 0 aromatic heterocycles. The minimum atomic E-state index is -3.50. The van der Waals surface area contributed by atoms with E-state index >= 15 is 0 Å². The number of hydrogen-bond donors (Lipinski definition) is 3. The van der Waals surface area contributed by atoms with E-state index in [2.05, 4.69) is 34.2 Å². The second kappa shape index (κ2) is 11.7. The van der Waals surface area contributed by atoms with Crippen LogP contribution < -0.4 is 15.4 Å². The van der Waals surface area contributed by atoms with Crippen LogP contribution in [0.5, 0.6) is 0 Å². The molecule has 1 rings (SSSR count). The zero-order valence-electron chi connectivity index (χ0n) is 15.7. The fourth-order valence-corrected chi connectivity index (χ4v) is 3.42. The summed E-state index contributed by atoms with van der Waals surface area (Å²) in [6, 6.07) is 5.42. The van der Waals surface area contributed by atoms with Crippen LogP contribution in [0.2, 0.25) is 0 Å². The quantitative estimate of drug-likeness (QED) is 0.230. The molecule has 25 heavy (non-hydrogen) atoms. The Kier molecular flexibility index (Phi) is 11.3. The Labute approximate surface area is 169 Å². The van der Waals surface area contributed by atoms with Crippen molar-refractivity contribution in [2.45, 2.75) is 39.5 Å². The number of aliphatic imine (C=N–C) groups is 1. The van der Waals surface area contributed by atoms with Crippen molar-refractivity contribution in [2.24, 2.45) is 10.9 Å². The molecule has 8 heteroatoms. The summed E-state index contributed by atoms with van der Waals surface area (Å²) in [7, 11) is -3.50. The molecule has 0 amide bonds. The number of halogens is 1. The molecule has 0 saturated heterocycles. The van der Waals surface area contributed by atoms with Crippen LogP contribution >= 0.6 is 24.0 Å². The summed E-state index contributed by atoms with van der Waals surface area (Å²) in [5.41, 5.74) is 1.67. The van der Waals surface area contributed by atoms with Gasteiger partial charge in [0.25, 0.3) is 0 Å². The Bertz CT molecular complexity index is 661. The molecule has 0 bridgehead atoms. The van der Waals surface area contributed by atoms with E-state index in [0.29, 0.717) is 29.9 Å². The van der Waals surface area contributed by atoms with E-state index in [1.165, 1.54) is 0 Å². The van der Waals surface area contributed by atoms with Crippen LogP contribution in [0.3, 0.4) is 0 Å². The fraction of sp³-hybridized carbons (Fsp3) is 0.588. The summed E-state index contributed by atoms with van der Waals surface area (Å²) in [5, 5.41) is 6.28. The lowest BCUT2D eigenvalue weighted by molar-refractivity contribution is 0.579. The molecule has 0 fully saturated rings. The molecule has 1 aromatic rings. The Morgan fingerprint density at radius 1 is 1.16 bits per heavy atom. The highest BCUT2D eigenvalue weighted by atomic mass is 127. The van der Waals surface area contributed by atoms with Crippen LogP contribution in [0.4, 0.5) is 0 Å². The van der Waals surface area contributed by atoms with Crippen molar-refractivity contribution in [1.82, 2.24) is 15.4 Å². The van der Waals surface area contributed by atoms with Crippen LogP contribution in [-0.4, -0.2) is 40.6 Å². The van der Waals surface area contributed by atoms with E-state index in [1.807, 2.05) is 26.0 Å². The number of nitrogens with one attached hydrogen (secondary N) is 3. The van der Waals surface area contributed by atoms with Crippen LogP contribution in [0.25, 0.3) is 0 Å². The average Bonchev–Trinajstić information content (AvgIpc) is 2.51. The number of aryl methyl sites for hydroxylation is 2. The molecule has 1 aromatic carbocycles. The zero-order valence-corrected chi connectivity index (χ0v) is 18.9. The van der Waals surface area contributed by atoms with Gasteiger partial charge < -0.3 is 10.6 Å². The monoisotopic (exact) mass is 482 g/mol. The SMILES string of the molecule is CCNC(=NCC(C)C)NCCNS(=O)(=O)c1cc(C)ccc1C.I. The summed E-state index contributed by atoms with van der Waals surface area (Å²) in [6.07, 6.45) is 0. The van der Waals surface area contributed by atoms with Crippen molar-refractivity contribution in [3.63, 3.8) is 0 Å². The van der Waals surface area contributed by atoms with Gasteiger partial charge in [-0.15, -0.1) is 24.0 Å². The van der Waals surface area contributed by atoms with Crippen molar-refractivity contribution in [2.75, 3.05) is 26.2 Å². The molecule has 0 heterocycles. The van der Waals surface area contributed by atoms with Gasteiger partial charge in [-0.25, -0.2) is 13.1 Å². The molecule has 144 valence electrons. The van der Waals surface area contributed by atoms with E-state index in [1.54, 1.807) is 13.0 Å². The molecule has 0 aliphatic heterocycles. The molecular formula is C17H31IN4O2S. The highest BCUT2D eigenvalue weighted by molar-refractivity contribution is 14.0. The highest BCUT2D eigenvalue weighted by Crippen LogP contribution is 2.16. The average molecular weight is 482 g/mol. The lowest BCUT2D eigenvalue weighted by Gasteiger charge is -2.13. The van der Waals surface area contributed by atoms with Gasteiger partial charge in [0.2, 0.25) is 10.0 Å². The standard InChI is InChI=1S/C17H30N4O2S.HI/c1-6-18-17(20-12-13(2)3)19-9-10-21-24(22,23)16-11-14(4)7-8-15(16)5;/h7-8,11,13,21H,6,9-10,12H2,1-5H3,(H2,18,19,20);1H. The maximum atomic E-state index is 12.4. The molecule has 0 spiro atoms. The number of hydrogen-bond acceptors (Lipinski definition) is 3. The van der Waals surface area contributed by atoms with Gasteiger partial charge in [0.05, 0.1) is 4.90 Å². The van der Waals surface area contributed by atoms with Crippen LogP contribution in [0.15, 0.2) is 28.1 Å². The third-order valence-corrected chi connectivity index (χ3v) is 4.90. The molecule has 6 nitrogen and oxygen atoms in total. The van der Waals surface area contributed by atoms with Gasteiger partial charge in [-0.1, -0.05) is 26.0 Å². The number of sulfonamides is 1. The van der Waals surface area contributed by atoms with Gasteiger partial charge >= 0.3 is 0 Å². The Hall–Kier alpha value is -0.870. The first kappa shape index (κ1) is 24.1. The minimum Gasteiger partial charge on any atom is -0.357 e. The third kappa shape index (κ3) is 8.87. The summed E-state index contributed by atoms with van der Waals surface area (Å²) >= 11 is 0. The Morgan fingerprint density at radius 2 is 1.84 bits per heavy atom. The number of rotatable bonds is 8. The largest absolute Gasteiger partial charge is 0.357 e. The highest BCUT2D eigenvalue weighted by Gasteiger charge is 2.16. The molecule has 0 atom stereocenters. The predicted molar refractivity (Wildman–Crippen MR) is 115 cm³/mol. The van der Waals surface area contributed by atoms with E-state index in [-0.39, 0.29) is 24.0 Å². The van der Waals surface area contributed by atoms with E-state index in [9.17, 15) is 8.42 Å². The van der Waals surface area contributed by atoms with Gasteiger partial charge in [0, 0.05) is 26.2 Å². The predicted octanol–water partition coefficient (Wildman–Crippen LogP) is 2.41. The second-order valence-electron chi connectivity index (χ2n) is 6.21. The molecule has 0 radical (unpaired) electrons. The molecule has 0 unspecified atom stereocenters. The van der Waals surface area contributed by atoms with Crippen molar-refractivity contribution < 1.29 is 8.42 Å². The van der Waals surface area contributed by atoms with Gasteiger partial charge in [0.15, 0.2) is 5.96 Å². The van der Waals surface area contributed by atoms with Crippen molar-refractivity contribution in [3.8, 4) is 0 Å². The van der Waals surface area contributed by atoms with Crippen molar-refractivity contribution in [1.29, 1.82) is 0 Å². The summed E-state index contributed by atoms with van der Waals surface area (Å²) in [4.78, 5) is 4.78. The Morgan fingerprint density at radius 3 is 2.44 bits per heavy atom. The molecule has 0 aliphatic rings. The molecular weight excluding hydrogens is 451 g/mol. The molecule has 0 saturated carbocycles. The topological polar surface area (TPSA) is 82.6 Å². The maximum Gasteiger partial charge on any atom is 0.240 e. The van der Waals surface area contributed by atoms with Gasteiger partial charge in [-0.05, 0) is 43.9 Å². The van der Waals surface area contributed by atoms with Gasteiger partial charge in [-0.3, -0.25) is 4.99 Å². The number of guanidine groups is 1. The van der Waals surface area contributed by atoms with Crippen LogP contribution in [-0.2, 0) is 10.0 Å². The van der Waals surface area contributed by atoms with Gasteiger partial charge in [0.1, 0.15) is 0 Å². The first-order valence-corrected chi connectivity index (χ1v) is 9.83. The van der Waals surface area contributed by atoms with Gasteiger partial charge in [-0.2, -0.15) is 0 Å². The number of nitrogens with zero attached hydrogens (tertiary/aromatic N) is 1. The normalized spacial score (nSPS) is 12.0. The number of benzene rings is 1. The summed E-state index contributed by atoms with van der Waals surface area (Å²) < 4.78 is 27.4.